The minimum Gasteiger partial charge on any atom is -0.399 e. The topological polar surface area (TPSA) is 52.8 Å². The fourth-order valence-corrected chi connectivity index (χ4v) is 4.65. The monoisotopic (exact) mass is 460 g/mol. The molecule has 0 spiro atoms. The molecule has 0 atom stereocenters. The highest BCUT2D eigenvalue weighted by Gasteiger charge is 2.31. The molecule has 1 saturated heterocycles. The fraction of sp³-hybridized carbons (Fsp3) is 0.480. The van der Waals surface area contributed by atoms with Crippen molar-refractivity contribution in [3.8, 4) is 0 Å². The first-order chi connectivity index (χ1) is 15.8. The maximum absolute atomic E-state index is 13.0. The third kappa shape index (κ3) is 5.99. The number of unbranched alkanes of at least 4 members (excludes halogenated alkanes) is 2. The van der Waals surface area contributed by atoms with E-state index < -0.39 is 11.7 Å². The van der Waals surface area contributed by atoms with Gasteiger partial charge in [-0.2, -0.15) is 13.2 Å². The van der Waals surface area contributed by atoms with Crippen LogP contribution in [0.5, 0.6) is 0 Å². The molecule has 0 radical (unpaired) electrons. The van der Waals surface area contributed by atoms with Crippen molar-refractivity contribution in [2.24, 2.45) is 0 Å². The van der Waals surface area contributed by atoms with Crippen LogP contribution in [-0.4, -0.2) is 48.4 Å². The summed E-state index contributed by atoms with van der Waals surface area (Å²) in [5.41, 5.74) is 8.93. The number of rotatable bonds is 7. The van der Waals surface area contributed by atoms with E-state index in [0.717, 1.165) is 69.3 Å². The first-order valence-electron chi connectivity index (χ1n) is 11.6. The van der Waals surface area contributed by atoms with Crippen LogP contribution in [0.25, 0.3) is 0 Å². The molecule has 33 heavy (non-hydrogen) atoms. The van der Waals surface area contributed by atoms with Gasteiger partial charge in [-0.05, 0) is 60.8 Å². The average molecular weight is 461 g/mol. The number of hydrogen-bond acceptors (Lipinski definition) is 4. The molecule has 0 saturated carbocycles. The van der Waals surface area contributed by atoms with Crippen molar-refractivity contribution in [2.45, 2.75) is 44.9 Å². The maximum Gasteiger partial charge on any atom is 0.416 e. The van der Waals surface area contributed by atoms with Gasteiger partial charge in [0.15, 0.2) is 0 Å². The molecule has 178 valence electrons. The molecule has 0 unspecified atom stereocenters. The fourth-order valence-electron chi connectivity index (χ4n) is 4.65. The van der Waals surface area contributed by atoms with Crippen LogP contribution in [0, 0.1) is 0 Å². The van der Waals surface area contributed by atoms with Gasteiger partial charge in [-0.25, -0.2) is 0 Å². The molecule has 1 amide bonds. The number of nitrogens with two attached hydrogens (primary N) is 1. The lowest BCUT2D eigenvalue weighted by Crippen LogP contribution is -2.46. The second-order valence-electron chi connectivity index (χ2n) is 8.97. The summed E-state index contributed by atoms with van der Waals surface area (Å²) in [5, 5.41) is 0. The molecule has 5 nitrogen and oxygen atoms in total. The Morgan fingerprint density at radius 1 is 0.909 bits per heavy atom. The first-order valence-corrected chi connectivity index (χ1v) is 11.6. The summed E-state index contributed by atoms with van der Waals surface area (Å²) in [7, 11) is 0. The van der Waals surface area contributed by atoms with E-state index in [1.54, 1.807) is 6.07 Å². The zero-order valence-corrected chi connectivity index (χ0v) is 18.8. The number of amides is 1. The number of piperazine rings is 1. The van der Waals surface area contributed by atoms with Gasteiger partial charge < -0.3 is 15.5 Å². The highest BCUT2D eigenvalue weighted by atomic mass is 19.4. The molecule has 0 aliphatic carbocycles. The number of hydrogen-bond donors (Lipinski definition) is 1. The van der Waals surface area contributed by atoms with E-state index in [4.69, 9.17) is 5.73 Å². The molecule has 2 aromatic carbocycles. The molecule has 2 aliphatic heterocycles. The largest absolute Gasteiger partial charge is 0.416 e. The van der Waals surface area contributed by atoms with Crippen molar-refractivity contribution in [3.05, 3.63) is 59.2 Å². The lowest BCUT2D eigenvalue weighted by atomic mass is 10.1. The lowest BCUT2D eigenvalue weighted by Gasteiger charge is -2.36. The van der Waals surface area contributed by atoms with E-state index in [0.29, 0.717) is 25.2 Å². The highest BCUT2D eigenvalue weighted by molar-refractivity contribution is 5.77. The maximum atomic E-state index is 13.0. The number of nitrogen functional groups attached to an aromatic ring is 1. The number of nitrogens with zero attached hydrogens (tertiary/aromatic N) is 3. The van der Waals surface area contributed by atoms with Crippen LogP contribution in [0.3, 0.4) is 0 Å². The predicted octanol–water partition coefficient (Wildman–Crippen LogP) is 4.51. The Hall–Kier alpha value is -2.74. The molecule has 2 aliphatic rings. The molecule has 1 fully saturated rings. The van der Waals surface area contributed by atoms with Gasteiger partial charge in [0.2, 0.25) is 5.91 Å². The quantitative estimate of drug-likeness (QED) is 0.488. The third-order valence-corrected chi connectivity index (χ3v) is 6.58. The summed E-state index contributed by atoms with van der Waals surface area (Å²) in [5.74, 6) is 0.194. The van der Waals surface area contributed by atoms with Gasteiger partial charge in [-0.3, -0.25) is 9.69 Å². The number of fused-ring (bicyclic) bond motifs is 1. The smallest absolute Gasteiger partial charge is 0.399 e. The molecular weight excluding hydrogens is 429 g/mol. The molecule has 2 N–H and O–H groups in total. The van der Waals surface area contributed by atoms with E-state index in [1.165, 1.54) is 17.7 Å². The van der Waals surface area contributed by atoms with Gasteiger partial charge >= 0.3 is 6.18 Å². The molecule has 4 rings (SSSR count). The zero-order chi connectivity index (χ0) is 23.4. The number of benzene rings is 2. The van der Waals surface area contributed by atoms with E-state index >= 15 is 0 Å². The van der Waals surface area contributed by atoms with Crippen molar-refractivity contribution in [3.63, 3.8) is 0 Å². The number of carbonyl (C=O) groups excluding carboxylic acids is 1. The summed E-state index contributed by atoms with van der Waals surface area (Å²) in [6.45, 7) is 5.40. The van der Waals surface area contributed by atoms with Gasteiger partial charge in [0.25, 0.3) is 0 Å². The lowest BCUT2D eigenvalue weighted by molar-refractivity contribution is -0.137. The molecule has 8 heteroatoms. The van der Waals surface area contributed by atoms with Crippen molar-refractivity contribution in [1.29, 1.82) is 0 Å². The Bertz CT molecular complexity index is 970. The Morgan fingerprint density at radius 2 is 1.67 bits per heavy atom. The molecule has 2 aromatic rings. The minimum atomic E-state index is -4.31. The van der Waals surface area contributed by atoms with Crippen molar-refractivity contribution in [2.75, 3.05) is 43.4 Å². The van der Waals surface area contributed by atoms with Crippen LogP contribution in [0.4, 0.5) is 24.5 Å². The van der Waals surface area contributed by atoms with E-state index in [-0.39, 0.29) is 5.91 Å². The van der Waals surface area contributed by atoms with Crippen LogP contribution >= 0.6 is 0 Å². The number of alkyl halides is 3. The minimum absolute atomic E-state index is 0.194. The summed E-state index contributed by atoms with van der Waals surface area (Å²) < 4.78 is 38.9. The summed E-state index contributed by atoms with van der Waals surface area (Å²) in [4.78, 5) is 18.8. The van der Waals surface area contributed by atoms with Crippen LogP contribution in [0.2, 0.25) is 0 Å². The van der Waals surface area contributed by atoms with Crippen molar-refractivity contribution in [1.82, 2.24) is 9.80 Å². The van der Waals surface area contributed by atoms with Gasteiger partial charge in [-0.15, -0.1) is 0 Å². The standard InChI is InChI=1S/C25H31F3N4O/c26-25(27,28)21-5-4-6-23(16-21)31-13-11-30(12-14-31)10-3-1-2-7-24(33)32-17-19-8-9-22(29)15-20(19)18-32/h4-6,8-9,15-16H,1-3,7,10-14,17-18,29H2. The summed E-state index contributed by atoms with van der Waals surface area (Å²) in [6, 6.07) is 11.4. The predicted molar refractivity (Wildman–Crippen MR) is 124 cm³/mol. The van der Waals surface area contributed by atoms with Crippen molar-refractivity contribution < 1.29 is 18.0 Å². The van der Waals surface area contributed by atoms with Gasteiger partial charge in [-0.1, -0.05) is 18.6 Å². The molecule has 2 heterocycles. The van der Waals surface area contributed by atoms with Crippen LogP contribution in [0.15, 0.2) is 42.5 Å². The normalized spacial score (nSPS) is 16.8. The Kier molecular flexibility index (Phi) is 7.12. The molecule has 0 bridgehead atoms. The molecule has 0 aromatic heterocycles. The van der Waals surface area contributed by atoms with Gasteiger partial charge in [0, 0.05) is 57.1 Å². The number of carbonyl (C=O) groups is 1. The third-order valence-electron chi connectivity index (χ3n) is 6.58. The molecular formula is C25H31F3N4O. The van der Waals surface area contributed by atoms with Crippen LogP contribution in [-0.2, 0) is 24.1 Å². The Labute approximate surface area is 192 Å². The van der Waals surface area contributed by atoms with Gasteiger partial charge in [0.1, 0.15) is 0 Å². The zero-order valence-electron chi connectivity index (χ0n) is 18.8. The second kappa shape index (κ2) is 10.0. The SMILES string of the molecule is Nc1ccc2c(c1)CN(C(=O)CCCCCN1CCN(c3cccc(C(F)(F)F)c3)CC1)C2. The van der Waals surface area contributed by atoms with Crippen LogP contribution < -0.4 is 10.6 Å². The van der Waals surface area contributed by atoms with E-state index in [9.17, 15) is 18.0 Å². The first kappa shape index (κ1) is 23.4. The number of halogens is 3. The van der Waals surface area contributed by atoms with Crippen LogP contribution in [0.1, 0.15) is 42.4 Å². The van der Waals surface area contributed by atoms with E-state index in [1.807, 2.05) is 28.0 Å². The Morgan fingerprint density at radius 3 is 2.42 bits per heavy atom. The summed E-state index contributed by atoms with van der Waals surface area (Å²) in [6.07, 6.45) is -0.863. The van der Waals surface area contributed by atoms with Crippen molar-refractivity contribution >= 4 is 17.3 Å². The highest BCUT2D eigenvalue weighted by Crippen LogP contribution is 2.32. The van der Waals surface area contributed by atoms with E-state index in [2.05, 4.69) is 4.90 Å². The summed E-state index contributed by atoms with van der Waals surface area (Å²) >= 11 is 0. The average Bonchev–Trinajstić information content (AvgIpc) is 3.22. The Balaban J connectivity index is 1.12. The van der Waals surface area contributed by atoms with Gasteiger partial charge in [0.05, 0.1) is 5.56 Å². The second-order valence-corrected chi connectivity index (χ2v) is 8.97. The number of anilines is 2.